The van der Waals surface area contributed by atoms with Gasteiger partial charge in [-0.05, 0) is 44.6 Å². The van der Waals surface area contributed by atoms with Crippen LogP contribution >= 0.6 is 0 Å². The minimum Gasteiger partial charge on any atom is -0.390 e. The number of rotatable bonds is 5. The number of benzene rings is 1. The minimum absolute atomic E-state index is 0.512. The molecule has 0 saturated heterocycles. The van der Waals surface area contributed by atoms with Gasteiger partial charge in [-0.1, -0.05) is 6.07 Å². The lowest BCUT2D eigenvalue weighted by Gasteiger charge is -2.17. The monoisotopic (exact) mass is 249 g/mol. The molecule has 2 atom stereocenters. The molecule has 5 heteroatoms. The van der Waals surface area contributed by atoms with Crippen molar-refractivity contribution in [3.05, 3.63) is 29.6 Å². The maximum atomic E-state index is 10.1. The molecule has 1 aromatic heterocycles. The van der Waals surface area contributed by atoms with Crippen LogP contribution in [-0.2, 0) is 0 Å². The Hall–Kier alpha value is -1.43. The smallest absolute Gasteiger partial charge is 0.105 e. The molecule has 0 radical (unpaired) electrons. The molecule has 0 aliphatic rings. The van der Waals surface area contributed by atoms with Crippen molar-refractivity contribution in [3.8, 4) is 0 Å². The van der Waals surface area contributed by atoms with Crippen molar-refractivity contribution in [3.63, 3.8) is 0 Å². The van der Waals surface area contributed by atoms with Crippen molar-refractivity contribution < 1.29 is 10.2 Å². The summed E-state index contributed by atoms with van der Waals surface area (Å²) < 4.78 is 0. The predicted octanol–water partition coefficient (Wildman–Crippen LogP) is 0.875. The fourth-order valence-corrected chi connectivity index (χ4v) is 2.01. The van der Waals surface area contributed by atoms with Gasteiger partial charge in [0.15, 0.2) is 0 Å². The van der Waals surface area contributed by atoms with Crippen molar-refractivity contribution in [2.75, 3.05) is 13.6 Å². The van der Waals surface area contributed by atoms with Gasteiger partial charge in [-0.2, -0.15) is 0 Å². The fraction of sp³-hybridized carbons (Fsp3) is 0.462. The quantitative estimate of drug-likeness (QED) is 0.634. The number of hydrogen-bond donors (Lipinski definition) is 4. The predicted molar refractivity (Wildman–Crippen MR) is 70.3 cm³/mol. The average molecular weight is 249 g/mol. The van der Waals surface area contributed by atoms with Crippen LogP contribution in [0.2, 0.25) is 0 Å². The van der Waals surface area contributed by atoms with Gasteiger partial charge in [-0.15, -0.1) is 0 Å². The van der Waals surface area contributed by atoms with Gasteiger partial charge in [0, 0.05) is 0 Å². The third kappa shape index (κ3) is 2.69. The van der Waals surface area contributed by atoms with Crippen LogP contribution in [-0.4, -0.2) is 39.9 Å². The lowest BCUT2D eigenvalue weighted by Crippen LogP contribution is -2.23. The summed E-state index contributed by atoms with van der Waals surface area (Å²) in [7, 11) is 1.82. The number of aliphatic hydroxyl groups excluding tert-OH is 2. The first-order chi connectivity index (χ1) is 8.61. The normalized spacial score (nSPS) is 14.9. The molecule has 2 aromatic rings. The number of H-pyrrole nitrogens is 1. The van der Waals surface area contributed by atoms with E-state index in [-0.39, 0.29) is 0 Å². The molecule has 1 aromatic carbocycles. The number of aromatic nitrogens is 2. The van der Waals surface area contributed by atoms with Crippen molar-refractivity contribution in [1.82, 2.24) is 15.3 Å². The Morgan fingerprint density at radius 3 is 2.89 bits per heavy atom. The second kappa shape index (κ2) is 5.48. The van der Waals surface area contributed by atoms with Gasteiger partial charge in [0.25, 0.3) is 0 Å². The summed E-state index contributed by atoms with van der Waals surface area (Å²) in [6.07, 6.45) is -1.12. The van der Waals surface area contributed by atoms with Gasteiger partial charge in [0.2, 0.25) is 0 Å². The third-order valence-corrected chi connectivity index (χ3v) is 3.02. The van der Waals surface area contributed by atoms with E-state index in [0.29, 0.717) is 18.5 Å². The van der Waals surface area contributed by atoms with Crippen LogP contribution in [0.15, 0.2) is 18.2 Å². The van der Waals surface area contributed by atoms with Crippen LogP contribution in [0.3, 0.4) is 0 Å². The van der Waals surface area contributed by atoms with Crippen LogP contribution < -0.4 is 5.32 Å². The van der Waals surface area contributed by atoms with E-state index < -0.39 is 12.2 Å². The Balaban J connectivity index is 2.19. The van der Waals surface area contributed by atoms with Gasteiger partial charge in [-0.25, -0.2) is 4.98 Å². The fourth-order valence-electron chi connectivity index (χ4n) is 2.01. The highest BCUT2D eigenvalue weighted by molar-refractivity contribution is 5.75. The Morgan fingerprint density at radius 1 is 1.39 bits per heavy atom. The molecule has 1 heterocycles. The van der Waals surface area contributed by atoms with Crippen molar-refractivity contribution in [2.45, 2.75) is 25.6 Å². The van der Waals surface area contributed by atoms with E-state index >= 15 is 0 Å². The number of nitrogens with zero attached hydrogens (tertiary/aromatic N) is 1. The molecule has 0 amide bonds. The molecule has 98 valence electrons. The molecule has 5 nitrogen and oxygen atoms in total. The summed E-state index contributed by atoms with van der Waals surface area (Å²) in [6, 6.07) is 5.49. The van der Waals surface area contributed by atoms with E-state index in [2.05, 4.69) is 15.3 Å². The second-order valence-electron chi connectivity index (χ2n) is 4.50. The van der Waals surface area contributed by atoms with Crippen molar-refractivity contribution in [2.24, 2.45) is 0 Å². The van der Waals surface area contributed by atoms with Gasteiger partial charge >= 0.3 is 0 Å². The first-order valence-electron chi connectivity index (χ1n) is 6.09. The van der Waals surface area contributed by atoms with Crippen LogP contribution in [0.25, 0.3) is 11.0 Å². The third-order valence-electron chi connectivity index (χ3n) is 3.02. The van der Waals surface area contributed by atoms with Crippen LogP contribution in [0, 0.1) is 6.92 Å². The van der Waals surface area contributed by atoms with Gasteiger partial charge in [0.1, 0.15) is 11.9 Å². The van der Waals surface area contributed by atoms with Crippen molar-refractivity contribution in [1.29, 1.82) is 0 Å². The molecule has 0 spiro atoms. The minimum atomic E-state index is -0.869. The Labute approximate surface area is 106 Å². The zero-order valence-electron chi connectivity index (χ0n) is 10.6. The molecule has 0 fully saturated rings. The summed E-state index contributed by atoms with van der Waals surface area (Å²) in [5.41, 5.74) is 2.45. The van der Waals surface area contributed by atoms with E-state index in [9.17, 15) is 10.2 Å². The highest BCUT2D eigenvalue weighted by Gasteiger charge is 2.18. The van der Waals surface area contributed by atoms with E-state index in [1.54, 1.807) is 6.07 Å². The Morgan fingerprint density at radius 2 is 2.17 bits per heavy atom. The molecule has 0 saturated carbocycles. The summed E-state index contributed by atoms with van der Waals surface area (Å²) in [5, 5.41) is 22.9. The number of aryl methyl sites for hydroxylation is 1. The molecule has 0 bridgehead atoms. The Kier molecular flexibility index (Phi) is 3.96. The average Bonchev–Trinajstić information content (AvgIpc) is 2.73. The first kappa shape index (κ1) is 13.0. The second-order valence-corrected chi connectivity index (χ2v) is 4.50. The van der Waals surface area contributed by atoms with Crippen LogP contribution in [0.5, 0.6) is 0 Å². The first-order valence-corrected chi connectivity index (χ1v) is 6.09. The number of nitrogens with one attached hydrogen (secondary N) is 2. The van der Waals surface area contributed by atoms with E-state index in [1.807, 2.05) is 26.1 Å². The molecular formula is C13H19N3O2. The van der Waals surface area contributed by atoms with Crippen LogP contribution in [0.4, 0.5) is 0 Å². The molecule has 0 aliphatic heterocycles. The summed E-state index contributed by atoms with van der Waals surface area (Å²) in [6.45, 7) is 2.56. The number of aliphatic hydroxyl groups is 2. The number of aromatic amines is 1. The molecule has 2 rings (SSSR count). The van der Waals surface area contributed by atoms with E-state index in [0.717, 1.165) is 16.9 Å². The number of imidazole rings is 1. The summed E-state index contributed by atoms with van der Waals surface area (Å²) in [5.74, 6) is 0.840. The summed E-state index contributed by atoms with van der Waals surface area (Å²) in [4.78, 5) is 7.42. The van der Waals surface area contributed by atoms with Gasteiger partial charge in [0.05, 0.1) is 17.1 Å². The Bertz CT molecular complexity index is 524. The standard InChI is InChI=1S/C13H19N3O2/c1-8-15-10-4-3-9(7-11(10)16-8)13(18)12(17)5-6-14-2/h3-4,7,12-14,17-18H,5-6H2,1-2H3,(H,15,16). The lowest BCUT2D eigenvalue weighted by molar-refractivity contribution is 0.0141. The van der Waals surface area contributed by atoms with E-state index in [4.69, 9.17) is 0 Å². The molecule has 18 heavy (non-hydrogen) atoms. The zero-order chi connectivity index (χ0) is 13.1. The SMILES string of the molecule is CNCCC(O)C(O)c1ccc2nc(C)[nH]c2c1. The largest absolute Gasteiger partial charge is 0.390 e. The highest BCUT2D eigenvalue weighted by atomic mass is 16.3. The zero-order valence-corrected chi connectivity index (χ0v) is 10.6. The maximum Gasteiger partial charge on any atom is 0.105 e. The van der Waals surface area contributed by atoms with Gasteiger partial charge in [-0.3, -0.25) is 0 Å². The van der Waals surface area contributed by atoms with Gasteiger partial charge < -0.3 is 20.5 Å². The van der Waals surface area contributed by atoms with Crippen LogP contribution in [0.1, 0.15) is 23.9 Å². The molecule has 0 aliphatic carbocycles. The molecular weight excluding hydrogens is 230 g/mol. The highest BCUT2D eigenvalue weighted by Crippen LogP contribution is 2.22. The summed E-state index contributed by atoms with van der Waals surface area (Å²) >= 11 is 0. The molecule has 4 N–H and O–H groups in total. The topological polar surface area (TPSA) is 81.2 Å². The van der Waals surface area contributed by atoms with E-state index in [1.165, 1.54) is 0 Å². The lowest BCUT2D eigenvalue weighted by atomic mass is 10.0. The molecule has 2 unspecified atom stereocenters. The van der Waals surface area contributed by atoms with Crippen molar-refractivity contribution >= 4 is 11.0 Å². The number of fused-ring (bicyclic) bond motifs is 1. The number of hydrogen-bond acceptors (Lipinski definition) is 4. The maximum absolute atomic E-state index is 10.1.